The fraction of sp³-hybridized carbons (Fsp3) is 0.917. The van der Waals surface area contributed by atoms with Crippen LogP contribution in [0.3, 0.4) is 0 Å². The van der Waals surface area contributed by atoms with E-state index in [2.05, 4.69) is 19.2 Å². The molecule has 3 nitrogen and oxygen atoms in total. The molecule has 2 N–H and O–H groups in total. The minimum absolute atomic E-state index is 0.359. The maximum absolute atomic E-state index is 11.0. The van der Waals surface area contributed by atoms with Gasteiger partial charge in [0, 0.05) is 6.04 Å². The standard InChI is InChI=1S/C12H25NO2/c1-4-7-9-10(6-3)13-11(8-5-2)12(14)15/h10-11,13H,4-9H2,1-3H3,(H,14,15). The SMILES string of the molecule is CCCCC(CC)NC(CCC)C(=O)O. The lowest BCUT2D eigenvalue weighted by Gasteiger charge is -2.21. The van der Waals surface area contributed by atoms with Crippen molar-refractivity contribution in [1.82, 2.24) is 5.32 Å². The van der Waals surface area contributed by atoms with Crippen LogP contribution in [-0.2, 0) is 4.79 Å². The van der Waals surface area contributed by atoms with E-state index in [0.29, 0.717) is 6.04 Å². The highest BCUT2D eigenvalue weighted by Crippen LogP contribution is 2.07. The fourth-order valence-electron chi connectivity index (χ4n) is 1.71. The van der Waals surface area contributed by atoms with Crippen LogP contribution in [0.1, 0.15) is 59.3 Å². The summed E-state index contributed by atoms with van der Waals surface area (Å²) in [7, 11) is 0. The van der Waals surface area contributed by atoms with E-state index in [-0.39, 0.29) is 6.04 Å². The zero-order valence-electron chi connectivity index (χ0n) is 10.3. The average Bonchev–Trinajstić information content (AvgIpc) is 2.22. The van der Waals surface area contributed by atoms with E-state index >= 15 is 0 Å². The molecular formula is C12H25NO2. The quantitative estimate of drug-likeness (QED) is 0.622. The van der Waals surface area contributed by atoms with Crippen LogP contribution in [-0.4, -0.2) is 23.2 Å². The molecule has 0 fully saturated rings. The molecule has 0 amide bonds. The number of carboxylic acids is 1. The van der Waals surface area contributed by atoms with Gasteiger partial charge in [-0.05, 0) is 19.3 Å². The van der Waals surface area contributed by atoms with Crippen LogP contribution in [0.2, 0.25) is 0 Å². The van der Waals surface area contributed by atoms with Crippen molar-refractivity contribution >= 4 is 5.97 Å². The number of nitrogens with one attached hydrogen (secondary N) is 1. The maximum atomic E-state index is 11.0. The molecule has 0 rings (SSSR count). The summed E-state index contributed by atoms with van der Waals surface area (Å²) in [5.74, 6) is -0.716. The molecule has 3 heteroatoms. The summed E-state index contributed by atoms with van der Waals surface area (Å²) in [5.41, 5.74) is 0. The predicted octanol–water partition coefficient (Wildman–Crippen LogP) is 2.80. The van der Waals surface area contributed by atoms with E-state index in [4.69, 9.17) is 5.11 Å². The topological polar surface area (TPSA) is 49.3 Å². The van der Waals surface area contributed by atoms with Crippen molar-refractivity contribution in [3.8, 4) is 0 Å². The van der Waals surface area contributed by atoms with Crippen molar-refractivity contribution in [2.45, 2.75) is 71.4 Å². The Hall–Kier alpha value is -0.570. The average molecular weight is 215 g/mol. The lowest BCUT2D eigenvalue weighted by molar-refractivity contribution is -0.139. The second kappa shape index (κ2) is 8.72. The Morgan fingerprint density at radius 1 is 1.20 bits per heavy atom. The smallest absolute Gasteiger partial charge is 0.320 e. The lowest BCUT2D eigenvalue weighted by Crippen LogP contribution is -2.43. The zero-order chi connectivity index (χ0) is 11.7. The molecule has 0 heterocycles. The summed E-state index contributed by atoms with van der Waals surface area (Å²) in [6, 6.07) is -0.00518. The Morgan fingerprint density at radius 2 is 1.87 bits per heavy atom. The van der Waals surface area contributed by atoms with Crippen LogP contribution in [0.15, 0.2) is 0 Å². The van der Waals surface area contributed by atoms with Gasteiger partial charge in [-0.15, -0.1) is 0 Å². The Labute approximate surface area is 93.3 Å². The van der Waals surface area contributed by atoms with E-state index in [9.17, 15) is 4.79 Å². The highest BCUT2D eigenvalue weighted by Gasteiger charge is 2.19. The highest BCUT2D eigenvalue weighted by molar-refractivity contribution is 5.73. The normalized spacial score (nSPS) is 14.9. The molecule has 0 aliphatic rings. The van der Waals surface area contributed by atoms with Gasteiger partial charge >= 0.3 is 5.97 Å². The number of aliphatic carboxylic acids is 1. The maximum Gasteiger partial charge on any atom is 0.320 e. The second-order valence-corrected chi connectivity index (χ2v) is 4.09. The van der Waals surface area contributed by atoms with Gasteiger partial charge in [0.25, 0.3) is 0 Å². The number of unbranched alkanes of at least 4 members (excludes halogenated alkanes) is 1. The van der Waals surface area contributed by atoms with Gasteiger partial charge in [-0.25, -0.2) is 0 Å². The van der Waals surface area contributed by atoms with Crippen LogP contribution in [0, 0.1) is 0 Å². The zero-order valence-corrected chi connectivity index (χ0v) is 10.3. The van der Waals surface area contributed by atoms with Gasteiger partial charge in [0.15, 0.2) is 0 Å². The first-order valence-electron chi connectivity index (χ1n) is 6.14. The van der Waals surface area contributed by atoms with Gasteiger partial charge in [0.2, 0.25) is 0 Å². The third-order valence-electron chi connectivity index (χ3n) is 2.71. The third-order valence-corrected chi connectivity index (χ3v) is 2.71. The molecule has 0 saturated carbocycles. The first-order chi connectivity index (χ1) is 7.15. The molecule has 2 atom stereocenters. The minimum atomic E-state index is -0.716. The van der Waals surface area contributed by atoms with Crippen molar-refractivity contribution in [2.75, 3.05) is 0 Å². The van der Waals surface area contributed by atoms with Gasteiger partial charge < -0.3 is 10.4 Å². The number of hydrogen-bond acceptors (Lipinski definition) is 2. The molecule has 2 unspecified atom stereocenters. The van der Waals surface area contributed by atoms with Crippen LogP contribution in [0.25, 0.3) is 0 Å². The summed E-state index contributed by atoms with van der Waals surface area (Å²) in [4.78, 5) is 11.0. The van der Waals surface area contributed by atoms with Crippen LogP contribution in [0.4, 0.5) is 0 Å². The van der Waals surface area contributed by atoms with Crippen molar-refractivity contribution in [3.63, 3.8) is 0 Å². The summed E-state index contributed by atoms with van der Waals surface area (Å²) in [6.45, 7) is 6.29. The van der Waals surface area contributed by atoms with Gasteiger partial charge in [0.1, 0.15) is 6.04 Å². The molecule has 15 heavy (non-hydrogen) atoms. The number of rotatable bonds is 9. The summed E-state index contributed by atoms with van der Waals surface area (Å²) >= 11 is 0. The molecule has 0 aromatic heterocycles. The third kappa shape index (κ3) is 6.50. The minimum Gasteiger partial charge on any atom is -0.480 e. The Bertz CT molecular complexity index is 171. The van der Waals surface area contributed by atoms with Crippen LogP contribution in [0.5, 0.6) is 0 Å². The van der Waals surface area contributed by atoms with E-state index in [1.165, 1.54) is 12.8 Å². The van der Waals surface area contributed by atoms with Crippen molar-refractivity contribution in [2.24, 2.45) is 0 Å². The molecule has 0 spiro atoms. The van der Waals surface area contributed by atoms with E-state index in [0.717, 1.165) is 25.7 Å². The molecule has 0 aliphatic heterocycles. The van der Waals surface area contributed by atoms with Crippen molar-refractivity contribution in [3.05, 3.63) is 0 Å². The van der Waals surface area contributed by atoms with Gasteiger partial charge in [-0.2, -0.15) is 0 Å². The highest BCUT2D eigenvalue weighted by atomic mass is 16.4. The molecule has 0 saturated heterocycles. The Morgan fingerprint density at radius 3 is 2.27 bits per heavy atom. The summed E-state index contributed by atoms with van der Waals surface area (Å²) in [5, 5.41) is 12.3. The molecule has 0 aromatic carbocycles. The number of carboxylic acid groups (broad SMARTS) is 1. The van der Waals surface area contributed by atoms with Gasteiger partial charge in [-0.1, -0.05) is 40.0 Å². The summed E-state index contributed by atoms with van der Waals surface area (Å²) in [6.07, 6.45) is 6.06. The molecule has 0 aliphatic carbocycles. The van der Waals surface area contributed by atoms with Crippen molar-refractivity contribution in [1.29, 1.82) is 0 Å². The van der Waals surface area contributed by atoms with Crippen LogP contribution >= 0.6 is 0 Å². The van der Waals surface area contributed by atoms with Crippen LogP contribution < -0.4 is 5.32 Å². The second-order valence-electron chi connectivity index (χ2n) is 4.09. The predicted molar refractivity (Wildman–Crippen MR) is 63.1 cm³/mol. The Kier molecular flexibility index (Phi) is 8.38. The molecular weight excluding hydrogens is 190 g/mol. The largest absolute Gasteiger partial charge is 0.480 e. The lowest BCUT2D eigenvalue weighted by atomic mass is 10.0. The van der Waals surface area contributed by atoms with E-state index < -0.39 is 5.97 Å². The Balaban J connectivity index is 4.03. The number of carbonyl (C=O) groups is 1. The monoisotopic (exact) mass is 215 g/mol. The first-order valence-corrected chi connectivity index (χ1v) is 6.14. The van der Waals surface area contributed by atoms with Crippen molar-refractivity contribution < 1.29 is 9.90 Å². The summed E-state index contributed by atoms with van der Waals surface area (Å²) < 4.78 is 0. The number of hydrogen-bond donors (Lipinski definition) is 2. The molecule has 0 bridgehead atoms. The van der Waals surface area contributed by atoms with Gasteiger partial charge in [-0.3, -0.25) is 4.79 Å². The molecule has 90 valence electrons. The molecule has 0 aromatic rings. The van der Waals surface area contributed by atoms with Gasteiger partial charge in [0.05, 0.1) is 0 Å². The molecule has 0 radical (unpaired) electrons. The first kappa shape index (κ1) is 14.4. The fourth-order valence-corrected chi connectivity index (χ4v) is 1.71. The van der Waals surface area contributed by atoms with E-state index in [1.807, 2.05) is 6.92 Å². The van der Waals surface area contributed by atoms with E-state index in [1.54, 1.807) is 0 Å².